The Kier molecular flexibility index (Phi) is 5.58. The molecule has 132 valence electrons. The number of amides is 2. The second-order valence-corrected chi connectivity index (χ2v) is 8.11. The fourth-order valence-corrected chi connectivity index (χ4v) is 3.36. The molecule has 0 bridgehead atoms. The molecule has 1 saturated heterocycles. The predicted molar refractivity (Wildman–Crippen MR) is 97.2 cm³/mol. The number of piperazine rings is 1. The van der Waals surface area contributed by atoms with Gasteiger partial charge < -0.3 is 14.5 Å². The van der Waals surface area contributed by atoms with Crippen molar-refractivity contribution < 1.29 is 14.3 Å². The highest BCUT2D eigenvalue weighted by Crippen LogP contribution is 2.23. The van der Waals surface area contributed by atoms with E-state index in [2.05, 4.69) is 15.9 Å². The van der Waals surface area contributed by atoms with E-state index in [4.69, 9.17) is 4.74 Å². The van der Waals surface area contributed by atoms with Crippen molar-refractivity contribution in [3.05, 3.63) is 33.8 Å². The van der Waals surface area contributed by atoms with E-state index >= 15 is 0 Å². The lowest BCUT2D eigenvalue weighted by atomic mass is 10.1. The lowest BCUT2D eigenvalue weighted by Gasteiger charge is -2.40. The molecule has 1 atom stereocenters. The summed E-state index contributed by atoms with van der Waals surface area (Å²) in [4.78, 5) is 28.5. The van der Waals surface area contributed by atoms with Crippen LogP contribution in [0.5, 0.6) is 0 Å². The monoisotopic (exact) mass is 396 g/mol. The van der Waals surface area contributed by atoms with Crippen molar-refractivity contribution in [1.29, 1.82) is 0 Å². The Balaban J connectivity index is 2.05. The Hall–Kier alpha value is -1.56. The molecule has 0 unspecified atom stereocenters. The van der Waals surface area contributed by atoms with Gasteiger partial charge in [-0.2, -0.15) is 0 Å². The molecule has 0 radical (unpaired) electrons. The Bertz CT molecular complexity index is 640. The first-order valence-corrected chi connectivity index (χ1v) is 8.93. The highest BCUT2D eigenvalue weighted by atomic mass is 79.9. The summed E-state index contributed by atoms with van der Waals surface area (Å²) < 4.78 is 6.21. The molecule has 2 amide bonds. The minimum Gasteiger partial charge on any atom is -0.444 e. The average molecular weight is 397 g/mol. The molecule has 1 aromatic rings. The summed E-state index contributed by atoms with van der Waals surface area (Å²) in [5, 5.41) is 0. The van der Waals surface area contributed by atoms with Crippen molar-refractivity contribution in [2.45, 2.75) is 46.3 Å². The normalized spacial score (nSPS) is 18.5. The number of benzene rings is 1. The highest BCUT2D eigenvalue weighted by Gasteiger charge is 2.32. The summed E-state index contributed by atoms with van der Waals surface area (Å²) in [6.45, 7) is 10.9. The van der Waals surface area contributed by atoms with E-state index in [0.29, 0.717) is 25.2 Å². The third-order valence-corrected chi connectivity index (χ3v) is 4.55. The number of aryl methyl sites for hydroxylation is 1. The van der Waals surface area contributed by atoms with Gasteiger partial charge >= 0.3 is 6.09 Å². The van der Waals surface area contributed by atoms with Gasteiger partial charge in [0.25, 0.3) is 5.91 Å². The topological polar surface area (TPSA) is 49.9 Å². The number of carbonyl (C=O) groups is 2. The first-order chi connectivity index (χ1) is 11.1. The molecule has 5 nitrogen and oxygen atoms in total. The molecule has 0 saturated carbocycles. The van der Waals surface area contributed by atoms with Crippen LogP contribution in [0.3, 0.4) is 0 Å². The fourth-order valence-electron chi connectivity index (χ4n) is 2.70. The van der Waals surface area contributed by atoms with Gasteiger partial charge in [-0.05, 0) is 68.2 Å². The van der Waals surface area contributed by atoms with Crippen molar-refractivity contribution in [2.75, 3.05) is 19.6 Å². The van der Waals surface area contributed by atoms with Crippen LogP contribution in [0.2, 0.25) is 0 Å². The number of hydrogen-bond donors (Lipinski definition) is 0. The van der Waals surface area contributed by atoms with Gasteiger partial charge in [-0.1, -0.05) is 6.07 Å². The van der Waals surface area contributed by atoms with Crippen LogP contribution in [0.25, 0.3) is 0 Å². The van der Waals surface area contributed by atoms with E-state index in [1.54, 1.807) is 4.90 Å². The number of rotatable bonds is 1. The smallest absolute Gasteiger partial charge is 0.410 e. The lowest BCUT2D eigenvalue weighted by Crippen LogP contribution is -2.56. The molecule has 1 aliphatic heterocycles. The van der Waals surface area contributed by atoms with Crippen LogP contribution < -0.4 is 0 Å². The number of ether oxygens (including phenoxy) is 1. The third-order valence-electron chi connectivity index (χ3n) is 3.90. The van der Waals surface area contributed by atoms with Crippen LogP contribution in [0.15, 0.2) is 22.7 Å². The molecular formula is C18H25BrN2O3. The van der Waals surface area contributed by atoms with Crippen molar-refractivity contribution in [1.82, 2.24) is 9.80 Å². The summed E-state index contributed by atoms with van der Waals surface area (Å²) >= 11 is 3.47. The van der Waals surface area contributed by atoms with Crippen LogP contribution in [0.1, 0.15) is 43.6 Å². The first kappa shape index (κ1) is 18.8. The van der Waals surface area contributed by atoms with E-state index in [9.17, 15) is 9.59 Å². The largest absolute Gasteiger partial charge is 0.444 e. The second kappa shape index (κ2) is 7.13. The zero-order chi connectivity index (χ0) is 18.1. The average Bonchev–Trinajstić information content (AvgIpc) is 2.44. The molecular weight excluding hydrogens is 372 g/mol. The quantitative estimate of drug-likeness (QED) is 0.724. The van der Waals surface area contributed by atoms with Crippen LogP contribution in [0.4, 0.5) is 4.79 Å². The molecule has 0 aromatic heterocycles. The minimum atomic E-state index is -0.514. The van der Waals surface area contributed by atoms with E-state index in [1.807, 2.05) is 57.7 Å². The van der Waals surface area contributed by atoms with Gasteiger partial charge in [0.2, 0.25) is 0 Å². The van der Waals surface area contributed by atoms with Crippen LogP contribution in [-0.4, -0.2) is 53.1 Å². The summed E-state index contributed by atoms with van der Waals surface area (Å²) in [6, 6.07) is 5.65. The van der Waals surface area contributed by atoms with Crippen molar-refractivity contribution >= 4 is 27.9 Å². The molecule has 24 heavy (non-hydrogen) atoms. The molecule has 1 heterocycles. The maximum atomic E-state index is 12.8. The third kappa shape index (κ3) is 4.50. The Labute approximate surface area is 152 Å². The molecule has 2 rings (SSSR count). The van der Waals surface area contributed by atoms with Gasteiger partial charge in [0.05, 0.1) is 5.56 Å². The van der Waals surface area contributed by atoms with Crippen LogP contribution in [-0.2, 0) is 4.74 Å². The maximum absolute atomic E-state index is 12.8. The van der Waals surface area contributed by atoms with Gasteiger partial charge in [-0.3, -0.25) is 4.79 Å². The second-order valence-electron chi connectivity index (χ2n) is 7.26. The molecule has 0 aliphatic carbocycles. The maximum Gasteiger partial charge on any atom is 0.410 e. The highest BCUT2D eigenvalue weighted by molar-refractivity contribution is 9.10. The van der Waals surface area contributed by atoms with Gasteiger partial charge in [0, 0.05) is 30.1 Å². The predicted octanol–water partition coefficient (Wildman–Crippen LogP) is 3.84. The van der Waals surface area contributed by atoms with Gasteiger partial charge in [-0.25, -0.2) is 4.79 Å². The Morgan fingerprint density at radius 2 is 1.92 bits per heavy atom. The number of nitrogens with zero attached hydrogens (tertiary/aromatic N) is 2. The summed E-state index contributed by atoms with van der Waals surface area (Å²) in [5.74, 6) is -0.0155. The van der Waals surface area contributed by atoms with Gasteiger partial charge in [0.1, 0.15) is 5.60 Å². The summed E-state index contributed by atoms with van der Waals surface area (Å²) in [5.41, 5.74) is 1.24. The number of halogens is 1. The number of hydrogen-bond acceptors (Lipinski definition) is 3. The van der Waals surface area contributed by atoms with E-state index in [-0.39, 0.29) is 18.0 Å². The molecule has 1 aromatic carbocycles. The molecule has 1 aliphatic rings. The standard InChI is InChI=1S/C18H25BrN2O3/c1-12-6-7-14(15(19)10-12)16(22)21-9-8-20(11-13(21)2)17(23)24-18(3,4)5/h6-7,10,13H,8-9,11H2,1-5H3/t13-/m0/s1. The van der Waals surface area contributed by atoms with Crippen molar-refractivity contribution in [2.24, 2.45) is 0 Å². The first-order valence-electron chi connectivity index (χ1n) is 8.13. The number of carbonyl (C=O) groups excluding carboxylic acids is 2. The Morgan fingerprint density at radius 3 is 2.46 bits per heavy atom. The summed E-state index contributed by atoms with van der Waals surface area (Å²) in [6.07, 6.45) is -0.321. The van der Waals surface area contributed by atoms with E-state index < -0.39 is 5.60 Å². The molecule has 6 heteroatoms. The van der Waals surface area contributed by atoms with Gasteiger partial charge in [0.15, 0.2) is 0 Å². The van der Waals surface area contributed by atoms with Crippen LogP contribution >= 0.6 is 15.9 Å². The zero-order valence-electron chi connectivity index (χ0n) is 14.9. The molecule has 0 N–H and O–H groups in total. The lowest BCUT2D eigenvalue weighted by molar-refractivity contribution is 0.00615. The SMILES string of the molecule is Cc1ccc(C(=O)N2CCN(C(=O)OC(C)(C)C)C[C@@H]2C)c(Br)c1. The molecule has 0 spiro atoms. The fraction of sp³-hybridized carbons (Fsp3) is 0.556. The van der Waals surface area contributed by atoms with E-state index in [0.717, 1.165) is 10.0 Å². The molecule has 1 fully saturated rings. The zero-order valence-corrected chi connectivity index (χ0v) is 16.5. The van der Waals surface area contributed by atoms with Crippen molar-refractivity contribution in [3.8, 4) is 0 Å². The summed E-state index contributed by atoms with van der Waals surface area (Å²) in [7, 11) is 0. The van der Waals surface area contributed by atoms with E-state index in [1.165, 1.54) is 0 Å². The van der Waals surface area contributed by atoms with Crippen molar-refractivity contribution in [3.63, 3.8) is 0 Å². The van der Waals surface area contributed by atoms with Crippen LogP contribution in [0, 0.1) is 6.92 Å². The minimum absolute atomic E-state index is 0.0155. The Morgan fingerprint density at radius 1 is 1.25 bits per heavy atom. The van der Waals surface area contributed by atoms with Gasteiger partial charge in [-0.15, -0.1) is 0 Å².